The van der Waals surface area contributed by atoms with E-state index in [0.717, 1.165) is 23.1 Å². The van der Waals surface area contributed by atoms with Crippen molar-refractivity contribution in [2.45, 2.75) is 39.0 Å². The number of benzene rings is 1. The molecule has 0 saturated heterocycles. The molecule has 0 aliphatic heterocycles. The third kappa shape index (κ3) is 2.66. The van der Waals surface area contributed by atoms with Gasteiger partial charge in [0.2, 0.25) is 5.78 Å². The zero-order valence-electron chi connectivity index (χ0n) is 16.5. The number of Topliss-reactive ketones (excluding diaryl/α,β-unsaturated/α-hetero) is 3. The largest absolute Gasteiger partial charge is 0.294 e. The Morgan fingerprint density at radius 1 is 0.897 bits per heavy atom. The Labute approximate surface area is 169 Å². The van der Waals surface area contributed by atoms with E-state index in [1.54, 1.807) is 18.3 Å². The molecule has 29 heavy (non-hydrogen) atoms. The van der Waals surface area contributed by atoms with Crippen LogP contribution in [0.4, 0.5) is 0 Å². The first-order chi connectivity index (χ1) is 13.9. The van der Waals surface area contributed by atoms with Gasteiger partial charge in [0.05, 0.1) is 5.56 Å². The second-order valence-corrected chi connectivity index (χ2v) is 8.93. The molecule has 1 atom stereocenters. The number of hydrogen-bond donors (Lipinski definition) is 0. The molecule has 5 rings (SSSR count). The summed E-state index contributed by atoms with van der Waals surface area (Å²) in [6.07, 6.45) is 3.12. The van der Waals surface area contributed by atoms with E-state index in [9.17, 15) is 14.4 Å². The summed E-state index contributed by atoms with van der Waals surface area (Å²) in [5, 5.41) is 0. The minimum absolute atomic E-state index is 0.0916. The van der Waals surface area contributed by atoms with Crippen LogP contribution in [0.2, 0.25) is 0 Å². The van der Waals surface area contributed by atoms with Gasteiger partial charge in [0, 0.05) is 35.3 Å². The molecule has 2 aromatic rings. The van der Waals surface area contributed by atoms with Crippen molar-refractivity contribution < 1.29 is 14.4 Å². The molecule has 0 fully saturated rings. The lowest BCUT2D eigenvalue weighted by atomic mass is 9.61. The SMILES string of the molecule is CC1(C)CC(=O)C2=C(CC3=C(C(=O)c4cccnc4C3=O)C2c2ccccc2)C1. The number of fused-ring (bicyclic) bond motifs is 1. The fourth-order valence-electron chi connectivity index (χ4n) is 5.12. The predicted molar refractivity (Wildman–Crippen MR) is 109 cm³/mol. The van der Waals surface area contributed by atoms with Crippen LogP contribution >= 0.6 is 0 Å². The number of pyridine rings is 1. The fourth-order valence-corrected chi connectivity index (χ4v) is 5.12. The second-order valence-electron chi connectivity index (χ2n) is 8.93. The minimum atomic E-state index is -0.483. The summed E-state index contributed by atoms with van der Waals surface area (Å²) >= 11 is 0. The van der Waals surface area contributed by atoms with Gasteiger partial charge in [0.15, 0.2) is 11.6 Å². The number of allylic oxidation sites excluding steroid dienone is 4. The Bertz CT molecular complexity index is 1150. The number of nitrogens with zero attached hydrogens (tertiary/aromatic N) is 1. The highest BCUT2D eigenvalue weighted by atomic mass is 16.1. The van der Waals surface area contributed by atoms with E-state index in [2.05, 4.69) is 18.8 Å². The highest BCUT2D eigenvalue weighted by Crippen LogP contribution is 2.52. The van der Waals surface area contributed by atoms with Crippen molar-refractivity contribution in [3.8, 4) is 0 Å². The van der Waals surface area contributed by atoms with E-state index < -0.39 is 5.92 Å². The molecular weight excluding hydrogens is 362 g/mol. The summed E-state index contributed by atoms with van der Waals surface area (Å²) < 4.78 is 0. The molecular formula is C25H21NO3. The Hall–Kier alpha value is -3.14. The molecule has 4 nitrogen and oxygen atoms in total. The lowest BCUT2D eigenvalue weighted by Gasteiger charge is -2.40. The van der Waals surface area contributed by atoms with E-state index in [1.807, 2.05) is 30.3 Å². The van der Waals surface area contributed by atoms with Crippen LogP contribution < -0.4 is 0 Å². The number of rotatable bonds is 1. The molecule has 0 spiro atoms. The zero-order chi connectivity index (χ0) is 20.3. The maximum absolute atomic E-state index is 13.5. The highest BCUT2D eigenvalue weighted by molar-refractivity contribution is 6.28. The van der Waals surface area contributed by atoms with Gasteiger partial charge in [-0.3, -0.25) is 19.4 Å². The van der Waals surface area contributed by atoms with Crippen molar-refractivity contribution in [3.63, 3.8) is 0 Å². The summed E-state index contributed by atoms with van der Waals surface area (Å²) in [7, 11) is 0. The first-order valence-electron chi connectivity index (χ1n) is 9.95. The van der Waals surface area contributed by atoms with Crippen LogP contribution in [0, 0.1) is 5.41 Å². The molecule has 3 aliphatic rings. The summed E-state index contributed by atoms with van der Waals surface area (Å²) in [5.74, 6) is -0.753. The van der Waals surface area contributed by atoms with Gasteiger partial charge in [-0.2, -0.15) is 0 Å². The summed E-state index contributed by atoms with van der Waals surface area (Å²) in [4.78, 5) is 44.3. The molecule has 3 aliphatic carbocycles. The average molecular weight is 383 g/mol. The zero-order valence-corrected chi connectivity index (χ0v) is 16.5. The predicted octanol–water partition coefficient (Wildman–Crippen LogP) is 4.63. The molecule has 1 aromatic heterocycles. The van der Waals surface area contributed by atoms with Gasteiger partial charge in [-0.05, 0) is 36.0 Å². The van der Waals surface area contributed by atoms with Crippen LogP contribution in [0.3, 0.4) is 0 Å². The quantitative estimate of drug-likeness (QED) is 0.720. The second kappa shape index (κ2) is 6.18. The maximum Gasteiger partial charge on any atom is 0.208 e. The summed E-state index contributed by atoms with van der Waals surface area (Å²) in [6, 6.07) is 12.9. The Morgan fingerprint density at radius 2 is 1.66 bits per heavy atom. The van der Waals surface area contributed by atoms with E-state index >= 15 is 0 Å². The van der Waals surface area contributed by atoms with Crippen LogP contribution in [0.15, 0.2) is 71.0 Å². The normalized spacial score (nSPS) is 23.0. The lowest BCUT2D eigenvalue weighted by molar-refractivity contribution is -0.118. The van der Waals surface area contributed by atoms with Gasteiger partial charge in [-0.15, -0.1) is 0 Å². The molecule has 0 saturated carbocycles. The maximum atomic E-state index is 13.5. The van der Waals surface area contributed by atoms with Gasteiger partial charge in [0.1, 0.15) is 5.69 Å². The lowest BCUT2D eigenvalue weighted by Crippen LogP contribution is -2.36. The van der Waals surface area contributed by atoms with Crippen molar-refractivity contribution in [1.82, 2.24) is 4.98 Å². The van der Waals surface area contributed by atoms with Crippen molar-refractivity contribution in [1.29, 1.82) is 0 Å². The van der Waals surface area contributed by atoms with Crippen LogP contribution in [0.1, 0.15) is 65.4 Å². The average Bonchev–Trinajstić information content (AvgIpc) is 2.70. The van der Waals surface area contributed by atoms with Crippen LogP contribution in [0.5, 0.6) is 0 Å². The molecule has 0 amide bonds. The van der Waals surface area contributed by atoms with Gasteiger partial charge in [-0.25, -0.2) is 0 Å². The van der Waals surface area contributed by atoms with E-state index in [0.29, 0.717) is 29.6 Å². The van der Waals surface area contributed by atoms with Gasteiger partial charge >= 0.3 is 0 Å². The van der Waals surface area contributed by atoms with Crippen LogP contribution in [0.25, 0.3) is 0 Å². The number of ketones is 3. The van der Waals surface area contributed by atoms with Crippen LogP contribution in [-0.2, 0) is 4.79 Å². The standard InChI is InChI=1S/C25H21NO3/c1-25(2)12-15-11-17-21(23(28)16-9-6-10-26-22(16)24(17)29)20(19(15)18(27)13-25)14-7-4-3-5-8-14/h3-10,20H,11-13H2,1-2H3. The van der Waals surface area contributed by atoms with Crippen molar-refractivity contribution in [3.05, 3.63) is 87.8 Å². The number of carbonyl (C=O) groups excluding carboxylic acids is 3. The monoisotopic (exact) mass is 383 g/mol. The smallest absolute Gasteiger partial charge is 0.208 e. The van der Waals surface area contributed by atoms with Gasteiger partial charge in [-0.1, -0.05) is 49.8 Å². The molecule has 0 N–H and O–H groups in total. The molecule has 1 aromatic carbocycles. The molecule has 0 radical (unpaired) electrons. The molecule has 1 unspecified atom stereocenters. The highest BCUT2D eigenvalue weighted by Gasteiger charge is 2.46. The van der Waals surface area contributed by atoms with E-state index in [-0.39, 0.29) is 28.5 Å². The molecule has 1 heterocycles. The minimum Gasteiger partial charge on any atom is -0.294 e. The Morgan fingerprint density at radius 3 is 2.41 bits per heavy atom. The third-order valence-corrected chi connectivity index (χ3v) is 6.22. The van der Waals surface area contributed by atoms with Gasteiger partial charge < -0.3 is 0 Å². The molecule has 4 heteroatoms. The topological polar surface area (TPSA) is 64.1 Å². The van der Waals surface area contributed by atoms with E-state index in [1.165, 1.54) is 0 Å². The molecule has 0 bridgehead atoms. The summed E-state index contributed by atoms with van der Waals surface area (Å²) in [5.41, 5.74) is 4.01. The van der Waals surface area contributed by atoms with E-state index in [4.69, 9.17) is 0 Å². The van der Waals surface area contributed by atoms with Crippen molar-refractivity contribution in [2.24, 2.45) is 5.41 Å². The Balaban J connectivity index is 1.76. The van der Waals surface area contributed by atoms with Crippen molar-refractivity contribution in [2.75, 3.05) is 0 Å². The number of aromatic nitrogens is 1. The first kappa shape index (κ1) is 17.9. The van der Waals surface area contributed by atoms with Crippen molar-refractivity contribution >= 4 is 17.3 Å². The number of hydrogen-bond acceptors (Lipinski definition) is 4. The Kier molecular flexibility index (Phi) is 3.82. The third-order valence-electron chi connectivity index (χ3n) is 6.22. The molecule has 144 valence electrons. The van der Waals surface area contributed by atoms with Crippen LogP contribution in [-0.4, -0.2) is 22.3 Å². The summed E-state index contributed by atoms with van der Waals surface area (Å²) in [6.45, 7) is 4.17. The van der Waals surface area contributed by atoms with Gasteiger partial charge in [0.25, 0.3) is 0 Å². The fraction of sp³-hybridized carbons (Fsp3) is 0.280. The number of carbonyl (C=O) groups is 3. The first-order valence-corrected chi connectivity index (χ1v) is 9.95.